The number of aliphatic hydroxyl groups is 2. The minimum atomic E-state index is -1.57. The molecule has 0 aromatic rings. The zero-order valence-corrected chi connectivity index (χ0v) is 7.56. The fourth-order valence-corrected chi connectivity index (χ4v) is 0.948. The van der Waals surface area contributed by atoms with Crippen molar-refractivity contribution in [1.29, 1.82) is 0 Å². The Bertz CT molecular complexity index is 161. The van der Waals surface area contributed by atoms with Crippen LogP contribution in [0.5, 0.6) is 0 Å². The van der Waals surface area contributed by atoms with Crippen LogP contribution in [0.4, 0.5) is 0 Å². The van der Waals surface area contributed by atoms with Crippen LogP contribution in [0, 0.1) is 0 Å². The molecule has 0 aliphatic carbocycles. The molecule has 0 aromatic carbocycles. The van der Waals surface area contributed by atoms with Crippen LogP contribution in [0.15, 0.2) is 0 Å². The molecule has 0 aromatic heterocycles. The van der Waals surface area contributed by atoms with Gasteiger partial charge in [-0.05, 0) is 0 Å². The van der Waals surface area contributed by atoms with Gasteiger partial charge in [-0.3, -0.25) is 0 Å². The molecular formula is C7H16NO4+. The van der Waals surface area contributed by atoms with Crippen molar-refractivity contribution in [3.8, 4) is 0 Å². The van der Waals surface area contributed by atoms with Crippen molar-refractivity contribution in [2.24, 2.45) is 0 Å². The van der Waals surface area contributed by atoms with E-state index >= 15 is 0 Å². The summed E-state index contributed by atoms with van der Waals surface area (Å²) in [5.41, 5.74) is 0. The van der Waals surface area contributed by atoms with Gasteiger partial charge < -0.3 is 19.8 Å². The van der Waals surface area contributed by atoms with Crippen LogP contribution >= 0.6 is 0 Å². The number of carboxylic acids is 1. The SMILES string of the molecule is C[N+](C)(C)C(CC(O)O)C(=O)O. The van der Waals surface area contributed by atoms with Crippen LogP contribution in [-0.2, 0) is 4.79 Å². The summed E-state index contributed by atoms with van der Waals surface area (Å²) in [6.07, 6.45) is -1.72. The van der Waals surface area contributed by atoms with Crippen LogP contribution in [0.1, 0.15) is 6.42 Å². The lowest BCUT2D eigenvalue weighted by Gasteiger charge is -2.31. The first-order valence-corrected chi connectivity index (χ1v) is 3.65. The van der Waals surface area contributed by atoms with Gasteiger partial charge in [-0.1, -0.05) is 0 Å². The van der Waals surface area contributed by atoms with Gasteiger partial charge in [0.15, 0.2) is 12.3 Å². The second-order valence-corrected chi connectivity index (χ2v) is 3.69. The van der Waals surface area contributed by atoms with Crippen LogP contribution in [0.3, 0.4) is 0 Å². The molecule has 0 bridgehead atoms. The number of hydrogen-bond donors (Lipinski definition) is 3. The summed E-state index contributed by atoms with van der Waals surface area (Å²) in [6.45, 7) is 0. The monoisotopic (exact) mass is 178 g/mol. The van der Waals surface area contributed by atoms with Gasteiger partial charge in [-0.25, -0.2) is 4.79 Å². The lowest BCUT2D eigenvalue weighted by molar-refractivity contribution is -0.888. The Kier molecular flexibility index (Phi) is 3.63. The van der Waals surface area contributed by atoms with E-state index in [0.29, 0.717) is 0 Å². The summed E-state index contributed by atoms with van der Waals surface area (Å²) in [5.74, 6) is -1.02. The molecule has 0 saturated heterocycles. The number of likely N-dealkylation sites (N-methyl/N-ethyl adjacent to an activating group) is 1. The first kappa shape index (κ1) is 11.4. The second kappa shape index (κ2) is 3.84. The van der Waals surface area contributed by atoms with Crippen molar-refractivity contribution in [2.45, 2.75) is 18.8 Å². The third-order valence-electron chi connectivity index (χ3n) is 1.65. The number of quaternary nitrogens is 1. The lowest BCUT2D eigenvalue weighted by Crippen LogP contribution is -2.51. The summed E-state index contributed by atoms with van der Waals surface area (Å²) in [6, 6.07) is -0.787. The van der Waals surface area contributed by atoms with E-state index in [9.17, 15) is 4.79 Å². The number of nitrogens with zero attached hydrogens (tertiary/aromatic N) is 1. The molecule has 1 atom stereocenters. The number of carboxylic acid groups (broad SMARTS) is 1. The average molecular weight is 178 g/mol. The minimum Gasteiger partial charge on any atom is -0.477 e. The number of carbonyl (C=O) groups is 1. The van der Waals surface area contributed by atoms with Gasteiger partial charge in [0.05, 0.1) is 27.6 Å². The van der Waals surface area contributed by atoms with Crippen molar-refractivity contribution in [3.63, 3.8) is 0 Å². The van der Waals surface area contributed by atoms with E-state index in [1.54, 1.807) is 21.1 Å². The Morgan fingerprint density at radius 2 is 1.75 bits per heavy atom. The molecule has 0 saturated carbocycles. The van der Waals surface area contributed by atoms with Crippen molar-refractivity contribution in [2.75, 3.05) is 21.1 Å². The Morgan fingerprint density at radius 1 is 1.33 bits per heavy atom. The van der Waals surface area contributed by atoms with Gasteiger partial charge in [0.25, 0.3) is 0 Å². The summed E-state index contributed by atoms with van der Waals surface area (Å²) >= 11 is 0. The maximum absolute atomic E-state index is 10.6. The smallest absolute Gasteiger partial charge is 0.362 e. The molecule has 0 rings (SSSR count). The molecule has 5 nitrogen and oxygen atoms in total. The maximum Gasteiger partial charge on any atom is 0.362 e. The molecule has 0 aliphatic heterocycles. The third-order valence-corrected chi connectivity index (χ3v) is 1.65. The molecule has 0 aliphatic rings. The first-order chi connectivity index (χ1) is 5.25. The number of rotatable bonds is 4. The van der Waals surface area contributed by atoms with Crippen LogP contribution in [0.25, 0.3) is 0 Å². The van der Waals surface area contributed by atoms with Crippen molar-refractivity contribution in [1.82, 2.24) is 0 Å². The van der Waals surface area contributed by atoms with E-state index in [2.05, 4.69) is 0 Å². The van der Waals surface area contributed by atoms with E-state index in [-0.39, 0.29) is 10.9 Å². The zero-order valence-electron chi connectivity index (χ0n) is 7.56. The largest absolute Gasteiger partial charge is 0.477 e. The van der Waals surface area contributed by atoms with Crippen molar-refractivity contribution < 1.29 is 24.6 Å². The fraction of sp³-hybridized carbons (Fsp3) is 0.857. The standard InChI is InChI=1S/C7H15NO4/c1-8(2,3)5(7(11)12)4-6(9)10/h5-6,9-10H,4H2,1-3H3/p+1. The predicted octanol–water partition coefficient (Wildman–Crippen LogP) is -1.15. The Hall–Kier alpha value is -0.650. The van der Waals surface area contributed by atoms with Gasteiger partial charge >= 0.3 is 5.97 Å². The summed E-state index contributed by atoms with van der Waals surface area (Å²) in [4.78, 5) is 10.6. The third kappa shape index (κ3) is 3.66. The quantitative estimate of drug-likeness (QED) is 0.375. The predicted molar refractivity (Wildman–Crippen MR) is 42.3 cm³/mol. The highest BCUT2D eigenvalue weighted by atomic mass is 16.5. The number of aliphatic hydroxyl groups excluding tert-OH is 1. The Morgan fingerprint density at radius 3 is 1.83 bits per heavy atom. The maximum atomic E-state index is 10.6. The van der Waals surface area contributed by atoms with Crippen LogP contribution in [-0.4, -0.2) is 59.2 Å². The lowest BCUT2D eigenvalue weighted by atomic mass is 10.1. The molecule has 0 fully saturated rings. The van der Waals surface area contributed by atoms with Gasteiger partial charge in [-0.2, -0.15) is 0 Å². The van der Waals surface area contributed by atoms with Gasteiger partial charge in [0.2, 0.25) is 0 Å². The number of hydrogen-bond acceptors (Lipinski definition) is 3. The summed E-state index contributed by atoms with van der Waals surface area (Å²) < 4.78 is 0.174. The van der Waals surface area contributed by atoms with Crippen molar-refractivity contribution >= 4 is 5.97 Å². The van der Waals surface area contributed by atoms with E-state index in [0.717, 1.165) is 0 Å². The zero-order chi connectivity index (χ0) is 9.94. The Balaban J connectivity index is 4.35. The second-order valence-electron chi connectivity index (χ2n) is 3.69. The topological polar surface area (TPSA) is 77.8 Å². The highest BCUT2D eigenvalue weighted by Crippen LogP contribution is 2.09. The highest BCUT2D eigenvalue weighted by molar-refractivity contribution is 5.72. The van der Waals surface area contributed by atoms with Crippen molar-refractivity contribution in [3.05, 3.63) is 0 Å². The van der Waals surface area contributed by atoms with E-state index in [4.69, 9.17) is 15.3 Å². The van der Waals surface area contributed by atoms with Gasteiger partial charge in [0, 0.05) is 0 Å². The average Bonchev–Trinajstić information content (AvgIpc) is 1.79. The molecule has 5 heteroatoms. The summed E-state index contributed by atoms with van der Waals surface area (Å²) in [7, 11) is 5.09. The molecule has 12 heavy (non-hydrogen) atoms. The van der Waals surface area contributed by atoms with Crippen LogP contribution in [0.2, 0.25) is 0 Å². The van der Waals surface area contributed by atoms with E-state index < -0.39 is 18.3 Å². The fourth-order valence-electron chi connectivity index (χ4n) is 0.948. The molecule has 0 spiro atoms. The Labute approximate surface area is 71.4 Å². The normalized spacial score (nSPS) is 14.8. The molecule has 72 valence electrons. The first-order valence-electron chi connectivity index (χ1n) is 3.65. The van der Waals surface area contributed by atoms with Crippen LogP contribution < -0.4 is 0 Å². The van der Waals surface area contributed by atoms with Gasteiger partial charge in [-0.15, -0.1) is 0 Å². The summed E-state index contributed by atoms with van der Waals surface area (Å²) in [5, 5.41) is 26.0. The van der Waals surface area contributed by atoms with E-state index in [1.165, 1.54) is 0 Å². The molecule has 0 amide bonds. The molecule has 0 radical (unpaired) electrons. The molecule has 1 unspecified atom stereocenters. The molecule has 0 heterocycles. The molecular weight excluding hydrogens is 162 g/mol. The number of aliphatic carboxylic acids is 1. The van der Waals surface area contributed by atoms with Gasteiger partial charge in [0.1, 0.15) is 0 Å². The molecule has 3 N–H and O–H groups in total. The highest BCUT2D eigenvalue weighted by Gasteiger charge is 2.32. The minimum absolute atomic E-state index is 0.154. The van der Waals surface area contributed by atoms with E-state index in [1.807, 2.05) is 0 Å².